The maximum Gasteiger partial charge on any atom is 0.00417 e. The molecule has 1 heteroatoms. The molecular weight excluding hydrogens is 170 g/mol. The van der Waals surface area contributed by atoms with Crippen molar-refractivity contribution in [1.82, 2.24) is 5.32 Å². The second kappa shape index (κ2) is 6.83. The highest BCUT2D eigenvalue weighted by molar-refractivity contribution is 4.90. The van der Waals surface area contributed by atoms with Gasteiger partial charge in [-0.15, -0.1) is 6.58 Å². The molecule has 0 bridgehead atoms. The van der Waals surface area contributed by atoms with Gasteiger partial charge in [-0.25, -0.2) is 0 Å². The smallest absolute Gasteiger partial charge is 0.00417 e. The maximum absolute atomic E-state index is 3.75. The average molecular weight is 193 g/mol. The van der Waals surface area contributed by atoms with Gasteiger partial charge in [0.25, 0.3) is 0 Å². The zero-order chi connectivity index (χ0) is 10.2. The van der Waals surface area contributed by atoms with Gasteiger partial charge in [-0.2, -0.15) is 0 Å². The van der Waals surface area contributed by atoms with E-state index in [1.807, 2.05) is 6.08 Å². The first-order valence-electron chi connectivity index (χ1n) is 5.82. The second-order valence-corrected chi connectivity index (χ2v) is 4.33. The van der Waals surface area contributed by atoms with Crippen LogP contribution in [0.4, 0.5) is 0 Å². The van der Waals surface area contributed by atoms with E-state index < -0.39 is 0 Å². The fourth-order valence-electron chi connectivity index (χ4n) is 1.88. The average Bonchev–Trinajstić information content (AvgIpc) is 2.25. The number of hydrogen-bond donors (Lipinski definition) is 1. The van der Waals surface area contributed by atoms with E-state index in [-0.39, 0.29) is 0 Å². The topological polar surface area (TPSA) is 12.0 Å². The number of allylic oxidation sites excluding steroid dienone is 3. The lowest BCUT2D eigenvalue weighted by atomic mass is 9.94. The summed E-state index contributed by atoms with van der Waals surface area (Å²) in [6.07, 6.45) is 12.9. The summed E-state index contributed by atoms with van der Waals surface area (Å²) >= 11 is 0. The zero-order valence-corrected chi connectivity index (χ0v) is 9.34. The Morgan fingerprint density at radius 3 is 3.07 bits per heavy atom. The summed E-state index contributed by atoms with van der Waals surface area (Å²) in [5, 5.41) is 3.61. The van der Waals surface area contributed by atoms with Crippen LogP contribution in [-0.4, -0.2) is 12.6 Å². The van der Waals surface area contributed by atoms with E-state index >= 15 is 0 Å². The molecule has 1 aliphatic rings. The van der Waals surface area contributed by atoms with Crippen molar-refractivity contribution in [2.75, 3.05) is 6.54 Å². The normalized spacial score (nSPS) is 23.4. The van der Waals surface area contributed by atoms with E-state index in [0.29, 0.717) is 6.04 Å². The summed E-state index contributed by atoms with van der Waals surface area (Å²) in [5.74, 6) is 0.867. The Bertz CT molecular complexity index is 184. The molecule has 14 heavy (non-hydrogen) atoms. The first-order chi connectivity index (χ1) is 6.83. The van der Waals surface area contributed by atoms with Crippen molar-refractivity contribution in [3.8, 4) is 0 Å². The minimum atomic E-state index is 0.638. The van der Waals surface area contributed by atoms with Gasteiger partial charge >= 0.3 is 0 Å². The van der Waals surface area contributed by atoms with Gasteiger partial charge in [-0.3, -0.25) is 0 Å². The molecule has 0 aromatic rings. The summed E-state index contributed by atoms with van der Waals surface area (Å²) in [7, 11) is 0. The van der Waals surface area contributed by atoms with Gasteiger partial charge in [0.2, 0.25) is 0 Å². The van der Waals surface area contributed by atoms with E-state index in [1.54, 1.807) is 0 Å². The molecule has 1 rings (SSSR count). The highest BCUT2D eigenvalue weighted by Gasteiger charge is 2.10. The highest BCUT2D eigenvalue weighted by atomic mass is 14.9. The number of rotatable bonds is 6. The number of nitrogens with one attached hydrogen (secondary N) is 1. The Labute approximate surface area is 88.3 Å². The molecule has 2 unspecified atom stereocenters. The predicted molar refractivity (Wildman–Crippen MR) is 63.4 cm³/mol. The molecule has 0 aromatic heterocycles. The Kier molecular flexibility index (Phi) is 5.62. The molecule has 80 valence electrons. The molecule has 0 aliphatic heterocycles. The van der Waals surface area contributed by atoms with Gasteiger partial charge in [-0.05, 0) is 51.5 Å². The van der Waals surface area contributed by atoms with Crippen LogP contribution in [0.1, 0.15) is 39.0 Å². The molecule has 0 spiro atoms. The van der Waals surface area contributed by atoms with Crippen LogP contribution in [0.5, 0.6) is 0 Å². The number of hydrogen-bond acceptors (Lipinski definition) is 1. The summed E-state index contributed by atoms with van der Waals surface area (Å²) in [6.45, 7) is 7.19. The first-order valence-corrected chi connectivity index (χ1v) is 5.82. The summed E-state index contributed by atoms with van der Waals surface area (Å²) in [4.78, 5) is 0. The summed E-state index contributed by atoms with van der Waals surface area (Å²) in [5.41, 5.74) is 0. The summed E-state index contributed by atoms with van der Waals surface area (Å²) < 4.78 is 0. The van der Waals surface area contributed by atoms with Gasteiger partial charge in [0.05, 0.1) is 0 Å². The van der Waals surface area contributed by atoms with Crippen molar-refractivity contribution in [2.24, 2.45) is 5.92 Å². The maximum atomic E-state index is 3.75. The molecule has 1 nitrogen and oxygen atoms in total. The second-order valence-electron chi connectivity index (χ2n) is 4.33. The van der Waals surface area contributed by atoms with Crippen LogP contribution in [0.3, 0.4) is 0 Å². The van der Waals surface area contributed by atoms with Gasteiger partial charge in [0.1, 0.15) is 0 Å². The molecule has 0 saturated heterocycles. The third-order valence-electron chi connectivity index (χ3n) is 2.94. The first kappa shape index (κ1) is 11.5. The van der Waals surface area contributed by atoms with E-state index in [0.717, 1.165) is 12.3 Å². The monoisotopic (exact) mass is 193 g/mol. The van der Waals surface area contributed by atoms with Gasteiger partial charge < -0.3 is 5.32 Å². The van der Waals surface area contributed by atoms with Gasteiger partial charge in [0.15, 0.2) is 0 Å². The third-order valence-corrected chi connectivity index (χ3v) is 2.94. The fraction of sp³-hybridized carbons (Fsp3) is 0.692. The van der Waals surface area contributed by atoms with Crippen molar-refractivity contribution >= 4 is 0 Å². The molecular formula is C13H23N. The van der Waals surface area contributed by atoms with Gasteiger partial charge in [0, 0.05) is 6.04 Å². The fourth-order valence-corrected chi connectivity index (χ4v) is 1.88. The molecule has 2 atom stereocenters. The Morgan fingerprint density at radius 1 is 1.57 bits per heavy atom. The quantitative estimate of drug-likeness (QED) is 0.638. The Morgan fingerprint density at radius 2 is 2.43 bits per heavy atom. The molecule has 1 N–H and O–H groups in total. The molecule has 0 radical (unpaired) electrons. The van der Waals surface area contributed by atoms with Crippen LogP contribution in [0.25, 0.3) is 0 Å². The lowest BCUT2D eigenvalue weighted by molar-refractivity contribution is 0.403. The van der Waals surface area contributed by atoms with E-state index in [1.165, 1.54) is 32.2 Å². The van der Waals surface area contributed by atoms with Crippen LogP contribution in [0.15, 0.2) is 24.8 Å². The van der Waals surface area contributed by atoms with Crippen molar-refractivity contribution in [2.45, 2.75) is 45.1 Å². The standard InChI is InChI=1S/C13H23N/c1-3-4-8-12(2)14-11-13-9-6-5-7-10-13/h3,5-6,12-14H,1,4,7-11H2,2H3. The SMILES string of the molecule is C=CCCC(C)NCC1CC=CCC1. The van der Waals surface area contributed by atoms with Crippen LogP contribution in [0.2, 0.25) is 0 Å². The largest absolute Gasteiger partial charge is 0.314 e. The zero-order valence-electron chi connectivity index (χ0n) is 9.34. The summed E-state index contributed by atoms with van der Waals surface area (Å²) in [6, 6.07) is 0.638. The van der Waals surface area contributed by atoms with Crippen LogP contribution in [-0.2, 0) is 0 Å². The predicted octanol–water partition coefficient (Wildman–Crippen LogP) is 3.29. The molecule has 1 aliphatic carbocycles. The Hall–Kier alpha value is -0.560. The highest BCUT2D eigenvalue weighted by Crippen LogP contribution is 2.17. The molecule has 0 amide bonds. The Balaban J connectivity index is 2.06. The third kappa shape index (κ3) is 4.61. The minimum absolute atomic E-state index is 0.638. The van der Waals surface area contributed by atoms with Crippen molar-refractivity contribution < 1.29 is 0 Å². The van der Waals surface area contributed by atoms with Crippen LogP contribution >= 0.6 is 0 Å². The van der Waals surface area contributed by atoms with E-state index in [9.17, 15) is 0 Å². The van der Waals surface area contributed by atoms with Gasteiger partial charge in [-0.1, -0.05) is 18.2 Å². The van der Waals surface area contributed by atoms with Crippen LogP contribution in [0, 0.1) is 5.92 Å². The van der Waals surface area contributed by atoms with E-state index in [2.05, 4.69) is 31.0 Å². The van der Waals surface area contributed by atoms with E-state index in [4.69, 9.17) is 0 Å². The lowest BCUT2D eigenvalue weighted by Gasteiger charge is -2.21. The molecule has 0 aromatic carbocycles. The van der Waals surface area contributed by atoms with Crippen LogP contribution < -0.4 is 5.32 Å². The van der Waals surface area contributed by atoms with Crippen molar-refractivity contribution in [1.29, 1.82) is 0 Å². The molecule has 0 fully saturated rings. The van der Waals surface area contributed by atoms with Crippen molar-refractivity contribution in [3.05, 3.63) is 24.8 Å². The lowest BCUT2D eigenvalue weighted by Crippen LogP contribution is -2.31. The molecule has 0 saturated carbocycles. The minimum Gasteiger partial charge on any atom is -0.314 e. The molecule has 0 heterocycles. The van der Waals surface area contributed by atoms with Crippen molar-refractivity contribution in [3.63, 3.8) is 0 Å².